The minimum absolute atomic E-state index is 0.173. The van der Waals surface area contributed by atoms with E-state index in [0.29, 0.717) is 22.8 Å². The Kier molecular flexibility index (Phi) is 4.22. The molecule has 2 heterocycles. The molecule has 1 aliphatic heterocycles. The van der Waals surface area contributed by atoms with Gasteiger partial charge in [-0.05, 0) is 60.0 Å². The smallest absolute Gasteiger partial charge is 0.273 e. The van der Waals surface area contributed by atoms with Crippen LogP contribution in [0.1, 0.15) is 21.6 Å². The van der Waals surface area contributed by atoms with Gasteiger partial charge in [-0.2, -0.15) is 0 Å². The van der Waals surface area contributed by atoms with Crippen molar-refractivity contribution in [2.45, 2.75) is 11.4 Å². The minimum Gasteiger partial charge on any atom is -0.383 e. The third-order valence-corrected chi connectivity index (χ3v) is 5.05. The molecule has 4 rings (SSSR count). The minimum atomic E-state index is -0.301. The predicted octanol–water partition coefficient (Wildman–Crippen LogP) is 3.65. The Balaban J connectivity index is 1.59. The molecule has 26 heavy (non-hydrogen) atoms. The summed E-state index contributed by atoms with van der Waals surface area (Å²) in [4.78, 5) is 17.6. The molecule has 1 amide bonds. The molecule has 0 radical (unpaired) electrons. The second-order valence-electron chi connectivity index (χ2n) is 5.81. The molecule has 0 atom stereocenters. The van der Waals surface area contributed by atoms with Crippen LogP contribution in [0.2, 0.25) is 0 Å². The third-order valence-electron chi connectivity index (χ3n) is 3.99. The Morgan fingerprint density at radius 2 is 2.08 bits per heavy atom. The fourth-order valence-electron chi connectivity index (χ4n) is 2.68. The van der Waals surface area contributed by atoms with Crippen molar-refractivity contribution >= 4 is 29.4 Å². The van der Waals surface area contributed by atoms with Gasteiger partial charge in [-0.1, -0.05) is 12.1 Å². The number of fused-ring (bicyclic) bond motifs is 2. The predicted molar refractivity (Wildman–Crippen MR) is 101 cm³/mol. The molecule has 0 saturated carbocycles. The van der Waals surface area contributed by atoms with Crippen molar-refractivity contribution in [2.75, 3.05) is 5.32 Å². The molecule has 0 saturated heterocycles. The number of nitrogens with two attached hydrogens (primary N) is 1. The summed E-state index contributed by atoms with van der Waals surface area (Å²) in [6.07, 6.45) is 1.84. The quantitative estimate of drug-likeness (QED) is 0.549. The zero-order chi connectivity index (χ0) is 18.1. The summed E-state index contributed by atoms with van der Waals surface area (Å²) in [5, 5.41) is 2.90. The van der Waals surface area contributed by atoms with Gasteiger partial charge in [0.05, 0.1) is 17.1 Å². The Bertz CT molecular complexity index is 1030. The van der Waals surface area contributed by atoms with Crippen molar-refractivity contribution in [1.82, 2.24) is 3.97 Å². The zero-order valence-electron chi connectivity index (χ0n) is 13.6. The normalized spacial score (nSPS) is 13.6. The second-order valence-corrected chi connectivity index (χ2v) is 6.82. The van der Waals surface area contributed by atoms with Gasteiger partial charge in [-0.15, -0.1) is 0 Å². The summed E-state index contributed by atoms with van der Waals surface area (Å²) in [6, 6.07) is 15.4. The van der Waals surface area contributed by atoms with Crippen LogP contribution in [-0.2, 0) is 6.54 Å². The number of aliphatic imine (C=N–C) groups is 1. The first kappa shape index (κ1) is 16.4. The van der Waals surface area contributed by atoms with E-state index in [4.69, 9.17) is 5.73 Å². The number of halogens is 1. The van der Waals surface area contributed by atoms with Gasteiger partial charge in [0.1, 0.15) is 17.3 Å². The van der Waals surface area contributed by atoms with Crippen LogP contribution < -0.4 is 11.1 Å². The standard InChI is InChI=1S/C19H15FN4OS/c20-14-4-1-3-12(9-14)11-22-18(21)13-6-7-17-15(10-13)23-19(25)16-5-2-8-24(16)26-17/h1-10H,11H2,(H2,21,22)(H,23,25). The number of hydrogen-bond donors (Lipinski definition) is 2. The summed E-state index contributed by atoms with van der Waals surface area (Å²) < 4.78 is 15.1. The van der Waals surface area contributed by atoms with Gasteiger partial charge in [-0.3, -0.25) is 13.8 Å². The Morgan fingerprint density at radius 1 is 1.19 bits per heavy atom. The van der Waals surface area contributed by atoms with Crippen LogP contribution in [0, 0.1) is 5.82 Å². The van der Waals surface area contributed by atoms with Crippen LogP contribution >= 0.6 is 11.9 Å². The Hall–Kier alpha value is -3.06. The SMILES string of the molecule is NC(=NCc1cccc(F)c1)c1ccc2c(c1)NC(=O)c1cccn1S2. The van der Waals surface area contributed by atoms with Gasteiger partial charge >= 0.3 is 0 Å². The number of aromatic nitrogens is 1. The van der Waals surface area contributed by atoms with E-state index < -0.39 is 0 Å². The number of benzene rings is 2. The number of nitrogens with one attached hydrogen (secondary N) is 1. The number of rotatable bonds is 3. The summed E-state index contributed by atoms with van der Waals surface area (Å²) in [7, 11) is 0. The highest BCUT2D eigenvalue weighted by Gasteiger charge is 2.19. The van der Waals surface area contributed by atoms with Crippen LogP contribution in [0.15, 0.2) is 70.7 Å². The summed E-state index contributed by atoms with van der Waals surface area (Å²) in [5.74, 6) is -0.140. The molecule has 0 aliphatic carbocycles. The molecule has 5 nitrogen and oxygen atoms in total. The van der Waals surface area contributed by atoms with E-state index in [2.05, 4.69) is 10.3 Å². The molecule has 1 aromatic heterocycles. The lowest BCUT2D eigenvalue weighted by molar-refractivity contribution is 0.102. The molecule has 0 unspecified atom stereocenters. The van der Waals surface area contributed by atoms with Crippen molar-refractivity contribution in [2.24, 2.45) is 10.7 Å². The highest BCUT2D eigenvalue weighted by Crippen LogP contribution is 2.33. The Labute approximate surface area is 153 Å². The summed E-state index contributed by atoms with van der Waals surface area (Å²) >= 11 is 1.46. The number of anilines is 1. The Morgan fingerprint density at radius 3 is 2.92 bits per heavy atom. The van der Waals surface area contributed by atoms with Gasteiger partial charge in [0.2, 0.25) is 0 Å². The number of carbonyl (C=O) groups excluding carboxylic acids is 1. The van der Waals surface area contributed by atoms with Crippen molar-refractivity contribution in [3.05, 3.63) is 83.4 Å². The number of hydrogen-bond acceptors (Lipinski definition) is 3. The third kappa shape index (κ3) is 3.21. The number of nitrogens with zero attached hydrogens (tertiary/aromatic N) is 2. The van der Waals surface area contributed by atoms with Gasteiger partial charge in [-0.25, -0.2) is 4.39 Å². The van der Waals surface area contributed by atoms with Crippen molar-refractivity contribution < 1.29 is 9.18 Å². The highest BCUT2D eigenvalue weighted by atomic mass is 32.2. The topological polar surface area (TPSA) is 72.4 Å². The van der Waals surface area contributed by atoms with Crippen LogP contribution in [0.25, 0.3) is 0 Å². The van der Waals surface area contributed by atoms with Crippen molar-refractivity contribution in [3.63, 3.8) is 0 Å². The molecule has 0 fully saturated rings. The maximum Gasteiger partial charge on any atom is 0.273 e. The molecule has 130 valence electrons. The molecule has 0 spiro atoms. The molecular formula is C19H15FN4OS. The van der Waals surface area contributed by atoms with Crippen molar-refractivity contribution in [3.8, 4) is 0 Å². The number of amides is 1. The van der Waals surface area contributed by atoms with E-state index in [0.717, 1.165) is 10.5 Å². The van der Waals surface area contributed by atoms with Gasteiger partial charge < -0.3 is 11.1 Å². The summed E-state index contributed by atoms with van der Waals surface area (Å²) in [6.45, 7) is 0.285. The maximum absolute atomic E-state index is 13.2. The first-order valence-corrected chi connectivity index (χ1v) is 8.73. The van der Waals surface area contributed by atoms with E-state index in [9.17, 15) is 9.18 Å². The fourth-order valence-corrected chi connectivity index (χ4v) is 3.61. The fraction of sp³-hybridized carbons (Fsp3) is 0.0526. The van der Waals surface area contributed by atoms with E-state index in [1.54, 1.807) is 24.3 Å². The van der Waals surface area contributed by atoms with Crippen molar-refractivity contribution in [1.29, 1.82) is 0 Å². The maximum atomic E-state index is 13.2. The molecule has 1 aliphatic rings. The number of amidine groups is 1. The molecular weight excluding hydrogens is 351 g/mol. The average molecular weight is 366 g/mol. The van der Waals surface area contributed by atoms with E-state index in [1.807, 2.05) is 28.4 Å². The molecule has 2 aromatic carbocycles. The average Bonchev–Trinajstić information content (AvgIpc) is 3.04. The van der Waals surface area contributed by atoms with Crippen LogP contribution in [0.3, 0.4) is 0 Å². The second kappa shape index (κ2) is 6.68. The number of carbonyl (C=O) groups is 1. The van der Waals surface area contributed by atoms with E-state index >= 15 is 0 Å². The van der Waals surface area contributed by atoms with E-state index in [1.165, 1.54) is 24.1 Å². The first-order chi connectivity index (χ1) is 12.6. The lowest BCUT2D eigenvalue weighted by Crippen LogP contribution is -2.16. The molecule has 7 heteroatoms. The largest absolute Gasteiger partial charge is 0.383 e. The first-order valence-electron chi connectivity index (χ1n) is 7.96. The van der Waals surface area contributed by atoms with Gasteiger partial charge in [0.15, 0.2) is 0 Å². The zero-order valence-corrected chi connectivity index (χ0v) is 14.5. The van der Waals surface area contributed by atoms with Gasteiger partial charge in [0.25, 0.3) is 5.91 Å². The van der Waals surface area contributed by atoms with Crippen LogP contribution in [0.4, 0.5) is 10.1 Å². The molecule has 0 bridgehead atoms. The lowest BCUT2D eigenvalue weighted by atomic mass is 10.1. The highest BCUT2D eigenvalue weighted by molar-refractivity contribution is 7.98. The monoisotopic (exact) mass is 366 g/mol. The lowest BCUT2D eigenvalue weighted by Gasteiger charge is -2.09. The van der Waals surface area contributed by atoms with Crippen LogP contribution in [-0.4, -0.2) is 15.7 Å². The molecule has 3 N–H and O–H groups in total. The molecule has 3 aromatic rings. The van der Waals surface area contributed by atoms with Gasteiger partial charge in [0, 0.05) is 11.8 Å². The summed E-state index contributed by atoms with van der Waals surface area (Å²) in [5.41, 5.74) is 8.80. The van der Waals surface area contributed by atoms with Crippen LogP contribution in [0.5, 0.6) is 0 Å². The van der Waals surface area contributed by atoms with E-state index in [-0.39, 0.29) is 18.3 Å².